The second kappa shape index (κ2) is 4.51. The molecule has 0 bridgehead atoms. The minimum absolute atomic E-state index is 0.0296. The van der Waals surface area contributed by atoms with Crippen LogP contribution >= 0.6 is 0 Å². The molecule has 2 atom stereocenters. The van der Waals surface area contributed by atoms with Crippen molar-refractivity contribution in [1.29, 1.82) is 0 Å². The van der Waals surface area contributed by atoms with E-state index < -0.39 is 5.79 Å². The van der Waals surface area contributed by atoms with Gasteiger partial charge in [0.15, 0.2) is 5.79 Å². The molecule has 1 fully saturated rings. The maximum Gasteiger partial charge on any atom is 0.164 e. The molecule has 2 heteroatoms. The highest BCUT2D eigenvalue weighted by Gasteiger charge is 2.48. The van der Waals surface area contributed by atoms with Crippen molar-refractivity contribution in [2.24, 2.45) is 0 Å². The third-order valence-corrected chi connectivity index (χ3v) is 5.94. The Morgan fingerprint density at radius 3 is 2.64 bits per heavy atom. The van der Waals surface area contributed by atoms with Gasteiger partial charge in [-0.05, 0) is 71.2 Å². The maximum absolute atomic E-state index is 6.41. The third kappa shape index (κ3) is 1.76. The predicted molar refractivity (Wildman–Crippen MR) is 98.8 cm³/mol. The highest BCUT2D eigenvalue weighted by molar-refractivity contribution is 5.99. The molecule has 1 heterocycles. The fourth-order valence-electron chi connectivity index (χ4n) is 5.00. The smallest absolute Gasteiger partial charge is 0.164 e. The van der Waals surface area contributed by atoms with Crippen molar-refractivity contribution in [1.82, 2.24) is 0 Å². The van der Waals surface area contributed by atoms with Crippen molar-refractivity contribution < 1.29 is 9.47 Å². The molecular formula is C23H20O2. The summed E-state index contributed by atoms with van der Waals surface area (Å²) in [5.74, 6) is -0.562. The van der Waals surface area contributed by atoms with Gasteiger partial charge in [-0.2, -0.15) is 0 Å². The average Bonchev–Trinajstić information content (AvgIpc) is 3.26. The van der Waals surface area contributed by atoms with Gasteiger partial charge in [0, 0.05) is 0 Å². The Morgan fingerprint density at radius 2 is 1.72 bits per heavy atom. The zero-order valence-corrected chi connectivity index (χ0v) is 14.5. The fraction of sp³-hybridized carbons (Fsp3) is 0.304. The van der Waals surface area contributed by atoms with Gasteiger partial charge in [-0.3, -0.25) is 0 Å². The molecule has 0 saturated carbocycles. The molecule has 1 saturated heterocycles. The molecule has 0 spiro atoms. The van der Waals surface area contributed by atoms with Crippen LogP contribution in [0.5, 0.6) is 0 Å². The maximum atomic E-state index is 6.41. The Labute approximate surface area is 147 Å². The molecule has 2 aromatic rings. The second-order valence-corrected chi connectivity index (χ2v) is 7.88. The first-order valence-corrected chi connectivity index (χ1v) is 9.16. The molecule has 0 aromatic heterocycles. The van der Waals surface area contributed by atoms with E-state index in [0.29, 0.717) is 0 Å². The Hall–Kier alpha value is -2.16. The summed E-state index contributed by atoms with van der Waals surface area (Å²) in [5.41, 5.74) is 10.8. The lowest BCUT2D eigenvalue weighted by molar-refractivity contribution is -0.147. The van der Waals surface area contributed by atoms with Gasteiger partial charge in [-0.25, -0.2) is 0 Å². The number of allylic oxidation sites excluding steroid dienone is 3. The van der Waals surface area contributed by atoms with Crippen LogP contribution < -0.4 is 0 Å². The molecule has 0 radical (unpaired) electrons. The first kappa shape index (κ1) is 14.1. The molecule has 4 aliphatic rings. The minimum atomic E-state index is -0.562. The molecule has 0 N–H and O–H groups in total. The van der Waals surface area contributed by atoms with E-state index in [1.54, 1.807) is 0 Å². The van der Waals surface area contributed by atoms with Crippen molar-refractivity contribution in [2.45, 2.75) is 44.7 Å². The number of rotatable bonds is 0. The van der Waals surface area contributed by atoms with E-state index in [1.807, 2.05) is 13.8 Å². The zero-order valence-electron chi connectivity index (χ0n) is 14.5. The summed E-state index contributed by atoms with van der Waals surface area (Å²) in [4.78, 5) is 0. The summed E-state index contributed by atoms with van der Waals surface area (Å²) in [6, 6.07) is 13.2. The van der Waals surface area contributed by atoms with E-state index >= 15 is 0 Å². The highest BCUT2D eigenvalue weighted by Crippen LogP contribution is 2.58. The van der Waals surface area contributed by atoms with Crippen molar-refractivity contribution in [3.63, 3.8) is 0 Å². The van der Waals surface area contributed by atoms with Gasteiger partial charge in [0.25, 0.3) is 0 Å². The van der Waals surface area contributed by atoms with Gasteiger partial charge in [0.2, 0.25) is 0 Å². The zero-order chi connectivity index (χ0) is 16.8. The van der Waals surface area contributed by atoms with Crippen LogP contribution in [0, 0.1) is 0 Å². The van der Waals surface area contributed by atoms with E-state index in [-0.39, 0.29) is 12.2 Å². The standard InChI is InChI=1S/C23H20O2/c1-23(2)24-21-18-8-4-3-7-15(18)17-11-10-16-14-9-5-6-13(14)12-19(16)20(17)22(21)25-23/h3-4,7-12,21-22H,5-6H2,1-2H3/t21-,22-/m1/s1. The van der Waals surface area contributed by atoms with E-state index in [2.05, 4.69) is 48.6 Å². The lowest BCUT2D eigenvalue weighted by Gasteiger charge is -2.30. The number of benzene rings is 2. The molecule has 2 nitrogen and oxygen atoms in total. The summed E-state index contributed by atoms with van der Waals surface area (Å²) >= 11 is 0. The van der Waals surface area contributed by atoms with E-state index in [1.165, 1.54) is 50.9 Å². The van der Waals surface area contributed by atoms with Crippen LogP contribution in [-0.2, 0) is 9.47 Å². The van der Waals surface area contributed by atoms with E-state index in [9.17, 15) is 0 Å². The molecule has 6 rings (SSSR count). The Kier molecular flexibility index (Phi) is 2.54. The first-order chi connectivity index (χ1) is 12.1. The lowest BCUT2D eigenvalue weighted by Crippen LogP contribution is -2.19. The van der Waals surface area contributed by atoms with Crippen molar-refractivity contribution in [3.05, 3.63) is 70.3 Å². The molecular weight excluding hydrogens is 308 g/mol. The molecule has 3 aliphatic carbocycles. The average molecular weight is 328 g/mol. The van der Waals surface area contributed by atoms with Crippen molar-refractivity contribution >= 4 is 11.6 Å². The predicted octanol–water partition coefficient (Wildman–Crippen LogP) is 5.81. The Morgan fingerprint density at radius 1 is 0.920 bits per heavy atom. The van der Waals surface area contributed by atoms with Crippen LogP contribution in [0.1, 0.15) is 61.2 Å². The van der Waals surface area contributed by atoms with Gasteiger partial charge in [0.05, 0.1) is 0 Å². The topological polar surface area (TPSA) is 18.5 Å². The van der Waals surface area contributed by atoms with E-state index in [0.717, 1.165) is 6.42 Å². The molecule has 124 valence electrons. The molecule has 2 aromatic carbocycles. The molecule has 25 heavy (non-hydrogen) atoms. The van der Waals surface area contributed by atoms with Gasteiger partial charge in [-0.1, -0.05) is 48.6 Å². The van der Waals surface area contributed by atoms with Crippen LogP contribution in [0.15, 0.2) is 48.0 Å². The first-order valence-electron chi connectivity index (χ1n) is 9.16. The number of fused-ring (bicyclic) bond motifs is 10. The van der Waals surface area contributed by atoms with Crippen LogP contribution in [0.2, 0.25) is 0 Å². The van der Waals surface area contributed by atoms with Crippen LogP contribution in [0.3, 0.4) is 0 Å². The van der Waals surface area contributed by atoms with Crippen molar-refractivity contribution in [2.75, 3.05) is 0 Å². The van der Waals surface area contributed by atoms with Crippen LogP contribution in [0.25, 0.3) is 22.8 Å². The Bertz CT molecular complexity index is 993. The number of hydrogen-bond acceptors (Lipinski definition) is 2. The number of ether oxygens (including phenoxy) is 2. The van der Waals surface area contributed by atoms with Gasteiger partial charge in [0.1, 0.15) is 12.2 Å². The largest absolute Gasteiger partial charge is 0.339 e. The van der Waals surface area contributed by atoms with Crippen LogP contribution in [0.4, 0.5) is 0 Å². The second-order valence-electron chi connectivity index (χ2n) is 7.88. The molecule has 0 amide bonds. The summed E-state index contributed by atoms with van der Waals surface area (Å²) in [5, 5.41) is 0. The van der Waals surface area contributed by atoms with E-state index in [4.69, 9.17) is 9.47 Å². The SMILES string of the molecule is CC1(C)O[C@@H]2c3ccccc3-c3ccc4c(c3[C@H]2O1)C=C1CCC=C14. The summed E-state index contributed by atoms with van der Waals surface area (Å²) in [6.45, 7) is 4.04. The third-order valence-electron chi connectivity index (χ3n) is 5.94. The van der Waals surface area contributed by atoms with Crippen molar-refractivity contribution in [3.8, 4) is 11.1 Å². The highest BCUT2D eigenvalue weighted by atomic mass is 16.8. The summed E-state index contributed by atoms with van der Waals surface area (Å²) in [7, 11) is 0. The normalized spacial score (nSPS) is 27.0. The fourth-order valence-corrected chi connectivity index (χ4v) is 5.00. The number of hydrogen-bond donors (Lipinski definition) is 0. The van der Waals surface area contributed by atoms with Crippen LogP contribution in [-0.4, -0.2) is 5.79 Å². The van der Waals surface area contributed by atoms with Gasteiger partial charge in [-0.15, -0.1) is 0 Å². The van der Waals surface area contributed by atoms with Gasteiger partial charge >= 0.3 is 0 Å². The quantitative estimate of drug-likeness (QED) is 0.608. The van der Waals surface area contributed by atoms with Gasteiger partial charge < -0.3 is 9.47 Å². The molecule has 1 aliphatic heterocycles. The summed E-state index contributed by atoms with van der Waals surface area (Å²) < 4.78 is 12.7. The Balaban J connectivity index is 1.67. The summed E-state index contributed by atoms with van der Waals surface area (Å²) in [6.07, 6.45) is 7.04. The minimum Gasteiger partial charge on any atom is -0.339 e. The lowest BCUT2D eigenvalue weighted by atomic mass is 9.79. The molecule has 0 unspecified atom stereocenters. The monoisotopic (exact) mass is 328 g/mol.